The maximum absolute atomic E-state index is 10.7. The molecule has 0 saturated carbocycles. The highest BCUT2D eigenvalue weighted by molar-refractivity contribution is 5.66. The van der Waals surface area contributed by atoms with E-state index < -0.39 is 5.97 Å². The van der Waals surface area contributed by atoms with Gasteiger partial charge in [-0.3, -0.25) is 9.69 Å². The van der Waals surface area contributed by atoms with Crippen LogP contribution in [-0.4, -0.2) is 29.1 Å². The van der Waals surface area contributed by atoms with Crippen LogP contribution in [0.5, 0.6) is 0 Å². The van der Waals surface area contributed by atoms with Crippen molar-refractivity contribution in [2.75, 3.05) is 13.1 Å². The standard InChI is InChI=1S/C18H27NO2/c1-3-17(16-7-4-14(2)5-8-16)19-12-10-15(11-13-19)6-9-18(20)21/h4-5,7-8,15,17H,3,6,9-13H2,1-2H3,(H,20,21). The minimum Gasteiger partial charge on any atom is -0.481 e. The van der Waals surface area contributed by atoms with E-state index in [-0.39, 0.29) is 0 Å². The molecule has 1 heterocycles. The van der Waals surface area contributed by atoms with Gasteiger partial charge in [-0.05, 0) is 57.2 Å². The molecule has 1 aliphatic heterocycles. The van der Waals surface area contributed by atoms with Crippen LogP contribution in [-0.2, 0) is 4.79 Å². The molecule has 1 aromatic carbocycles. The zero-order chi connectivity index (χ0) is 15.2. The van der Waals surface area contributed by atoms with Crippen molar-refractivity contribution in [2.24, 2.45) is 5.92 Å². The normalized spacial score (nSPS) is 18.6. The van der Waals surface area contributed by atoms with E-state index in [9.17, 15) is 4.79 Å². The van der Waals surface area contributed by atoms with Crippen LogP contribution in [0.3, 0.4) is 0 Å². The second-order valence-electron chi connectivity index (χ2n) is 6.25. The van der Waals surface area contributed by atoms with Crippen molar-refractivity contribution in [1.82, 2.24) is 4.90 Å². The predicted octanol–water partition coefficient (Wildman–Crippen LogP) is 4.02. The van der Waals surface area contributed by atoms with Crippen molar-refractivity contribution in [3.05, 3.63) is 35.4 Å². The number of rotatable bonds is 6. The molecule has 1 atom stereocenters. The second kappa shape index (κ2) is 7.60. The summed E-state index contributed by atoms with van der Waals surface area (Å²) in [6.45, 7) is 6.56. The van der Waals surface area contributed by atoms with E-state index in [4.69, 9.17) is 5.11 Å². The molecule has 3 nitrogen and oxygen atoms in total. The highest BCUT2D eigenvalue weighted by Crippen LogP contribution is 2.30. The summed E-state index contributed by atoms with van der Waals surface area (Å²) in [5, 5.41) is 8.78. The number of hydrogen-bond donors (Lipinski definition) is 1. The summed E-state index contributed by atoms with van der Waals surface area (Å²) in [6, 6.07) is 9.39. The first-order valence-electron chi connectivity index (χ1n) is 8.12. The highest BCUT2D eigenvalue weighted by Gasteiger charge is 2.25. The van der Waals surface area contributed by atoms with Crippen LogP contribution in [0.2, 0.25) is 0 Å². The van der Waals surface area contributed by atoms with Gasteiger partial charge in [0.25, 0.3) is 0 Å². The zero-order valence-electron chi connectivity index (χ0n) is 13.2. The summed E-state index contributed by atoms with van der Waals surface area (Å²) in [6.07, 6.45) is 4.55. The lowest BCUT2D eigenvalue weighted by Crippen LogP contribution is -2.36. The SMILES string of the molecule is CCC(c1ccc(C)cc1)N1CCC(CCC(=O)O)CC1. The molecule has 0 aromatic heterocycles. The Morgan fingerprint density at radius 2 is 1.90 bits per heavy atom. The Morgan fingerprint density at radius 1 is 1.29 bits per heavy atom. The zero-order valence-corrected chi connectivity index (χ0v) is 13.2. The summed E-state index contributed by atoms with van der Waals surface area (Å²) in [7, 11) is 0. The fraction of sp³-hybridized carbons (Fsp3) is 0.611. The summed E-state index contributed by atoms with van der Waals surface area (Å²) in [5.41, 5.74) is 2.72. The van der Waals surface area contributed by atoms with Crippen LogP contribution < -0.4 is 0 Å². The van der Waals surface area contributed by atoms with E-state index in [2.05, 4.69) is 43.0 Å². The molecule has 21 heavy (non-hydrogen) atoms. The Labute approximate surface area is 128 Å². The maximum Gasteiger partial charge on any atom is 0.303 e. The van der Waals surface area contributed by atoms with Gasteiger partial charge < -0.3 is 5.11 Å². The predicted molar refractivity (Wildman–Crippen MR) is 85.4 cm³/mol. The molecule has 1 aliphatic rings. The minimum absolute atomic E-state index is 0.319. The van der Waals surface area contributed by atoms with Gasteiger partial charge in [0, 0.05) is 12.5 Å². The molecule has 0 bridgehead atoms. The first kappa shape index (κ1) is 16.0. The fourth-order valence-electron chi connectivity index (χ4n) is 3.37. The first-order chi connectivity index (χ1) is 10.1. The first-order valence-corrected chi connectivity index (χ1v) is 8.12. The number of benzene rings is 1. The van der Waals surface area contributed by atoms with Crippen LogP contribution in [0, 0.1) is 12.8 Å². The number of aliphatic carboxylic acids is 1. The molecule has 0 aliphatic carbocycles. The topological polar surface area (TPSA) is 40.5 Å². The Kier molecular flexibility index (Phi) is 5.80. The molecule has 1 fully saturated rings. The average molecular weight is 289 g/mol. The van der Waals surface area contributed by atoms with Gasteiger partial charge in [0.2, 0.25) is 0 Å². The van der Waals surface area contributed by atoms with E-state index in [1.165, 1.54) is 11.1 Å². The summed E-state index contributed by atoms with van der Waals surface area (Å²) in [4.78, 5) is 13.2. The highest BCUT2D eigenvalue weighted by atomic mass is 16.4. The number of hydrogen-bond acceptors (Lipinski definition) is 2. The molecular formula is C18H27NO2. The van der Waals surface area contributed by atoms with Crippen molar-refractivity contribution in [2.45, 2.75) is 52.0 Å². The Balaban J connectivity index is 1.90. The molecule has 1 unspecified atom stereocenters. The number of aryl methyl sites for hydroxylation is 1. The van der Waals surface area contributed by atoms with Crippen LogP contribution in [0.1, 0.15) is 56.2 Å². The van der Waals surface area contributed by atoms with E-state index in [0.717, 1.165) is 38.8 Å². The molecule has 2 rings (SSSR count). The van der Waals surface area contributed by atoms with Gasteiger partial charge in [-0.25, -0.2) is 0 Å². The monoisotopic (exact) mass is 289 g/mol. The van der Waals surface area contributed by atoms with Gasteiger partial charge in [-0.2, -0.15) is 0 Å². The lowest BCUT2D eigenvalue weighted by atomic mass is 9.90. The van der Waals surface area contributed by atoms with Crippen molar-refractivity contribution >= 4 is 5.97 Å². The number of carboxylic acids is 1. The quantitative estimate of drug-likeness (QED) is 0.859. The Hall–Kier alpha value is -1.35. The lowest BCUT2D eigenvalue weighted by molar-refractivity contribution is -0.137. The molecule has 1 saturated heterocycles. The molecule has 1 N–H and O–H groups in total. The Morgan fingerprint density at radius 3 is 2.43 bits per heavy atom. The summed E-state index contributed by atoms with van der Waals surface area (Å²) >= 11 is 0. The third-order valence-electron chi connectivity index (χ3n) is 4.71. The van der Waals surface area contributed by atoms with E-state index in [1.54, 1.807) is 0 Å². The van der Waals surface area contributed by atoms with E-state index >= 15 is 0 Å². The van der Waals surface area contributed by atoms with Crippen LogP contribution in [0.4, 0.5) is 0 Å². The van der Waals surface area contributed by atoms with E-state index in [0.29, 0.717) is 18.4 Å². The van der Waals surface area contributed by atoms with E-state index in [1.807, 2.05) is 0 Å². The minimum atomic E-state index is -0.663. The number of piperidine rings is 1. The van der Waals surface area contributed by atoms with Gasteiger partial charge in [0.15, 0.2) is 0 Å². The number of carbonyl (C=O) groups is 1. The van der Waals surface area contributed by atoms with Crippen LogP contribution >= 0.6 is 0 Å². The Bertz CT molecular complexity index is 447. The molecule has 3 heteroatoms. The van der Waals surface area contributed by atoms with Crippen molar-refractivity contribution in [3.8, 4) is 0 Å². The molecular weight excluding hydrogens is 262 g/mol. The van der Waals surface area contributed by atoms with Crippen LogP contribution in [0.15, 0.2) is 24.3 Å². The molecule has 0 spiro atoms. The lowest BCUT2D eigenvalue weighted by Gasteiger charge is -2.37. The number of nitrogens with zero attached hydrogens (tertiary/aromatic N) is 1. The van der Waals surface area contributed by atoms with Crippen molar-refractivity contribution < 1.29 is 9.90 Å². The third kappa shape index (κ3) is 4.57. The molecule has 1 aromatic rings. The maximum atomic E-state index is 10.7. The van der Waals surface area contributed by atoms with Gasteiger partial charge >= 0.3 is 5.97 Å². The number of carboxylic acid groups (broad SMARTS) is 1. The van der Waals surface area contributed by atoms with Gasteiger partial charge in [-0.1, -0.05) is 36.8 Å². The largest absolute Gasteiger partial charge is 0.481 e. The molecule has 116 valence electrons. The second-order valence-corrected chi connectivity index (χ2v) is 6.25. The smallest absolute Gasteiger partial charge is 0.303 e. The van der Waals surface area contributed by atoms with Crippen LogP contribution in [0.25, 0.3) is 0 Å². The fourth-order valence-corrected chi connectivity index (χ4v) is 3.37. The third-order valence-corrected chi connectivity index (χ3v) is 4.71. The van der Waals surface area contributed by atoms with Crippen molar-refractivity contribution in [1.29, 1.82) is 0 Å². The number of likely N-dealkylation sites (tertiary alicyclic amines) is 1. The van der Waals surface area contributed by atoms with Crippen molar-refractivity contribution in [3.63, 3.8) is 0 Å². The van der Waals surface area contributed by atoms with Gasteiger partial charge in [0.05, 0.1) is 0 Å². The molecule has 0 radical (unpaired) electrons. The summed E-state index contributed by atoms with van der Waals surface area (Å²) < 4.78 is 0. The average Bonchev–Trinajstić information content (AvgIpc) is 2.49. The molecule has 0 amide bonds. The summed E-state index contributed by atoms with van der Waals surface area (Å²) in [5.74, 6) is -0.0728. The van der Waals surface area contributed by atoms with Gasteiger partial charge in [-0.15, -0.1) is 0 Å². The van der Waals surface area contributed by atoms with Gasteiger partial charge in [0.1, 0.15) is 0 Å².